The van der Waals surface area contributed by atoms with Crippen molar-refractivity contribution in [2.75, 3.05) is 56.9 Å². The topological polar surface area (TPSA) is 115 Å². The number of fused-ring (bicyclic) bond motifs is 6. The minimum Gasteiger partial charge on any atom is -0.497 e. The number of alkyl halides is 4. The molecule has 0 spiro atoms. The number of aromatic nitrogens is 3. The van der Waals surface area contributed by atoms with Gasteiger partial charge in [-0.1, -0.05) is 35.9 Å². The van der Waals surface area contributed by atoms with Crippen molar-refractivity contribution < 1.29 is 50.4 Å². The zero-order valence-electron chi connectivity index (χ0n) is 39.8. The van der Waals surface area contributed by atoms with Gasteiger partial charge in [-0.3, -0.25) is 9.80 Å². The number of methoxy groups -OCH3 is 2. The third-order valence-corrected chi connectivity index (χ3v) is 14.7. The fourth-order valence-electron chi connectivity index (χ4n) is 11.2. The number of pyridine rings is 1. The number of nitrogens with zero attached hydrogens (tertiary/aromatic N) is 7. The lowest BCUT2D eigenvalue weighted by Gasteiger charge is -2.46. The Bertz CT molecular complexity index is 2770. The van der Waals surface area contributed by atoms with Crippen LogP contribution < -0.4 is 28.7 Å². The summed E-state index contributed by atoms with van der Waals surface area (Å²) in [5.41, 5.74) is -3.04. The number of ether oxygens (including phenoxy) is 5. The van der Waals surface area contributed by atoms with E-state index in [1.807, 2.05) is 29.2 Å². The molecule has 1 amide bonds. The van der Waals surface area contributed by atoms with Crippen molar-refractivity contribution in [3.63, 3.8) is 0 Å². The van der Waals surface area contributed by atoms with E-state index in [0.29, 0.717) is 37.3 Å². The second-order valence-corrected chi connectivity index (χ2v) is 20.4. The highest BCUT2D eigenvalue weighted by Gasteiger charge is 2.53. The van der Waals surface area contributed by atoms with Crippen molar-refractivity contribution in [1.29, 1.82) is 0 Å². The standard InChI is InChI=1S/C51H55ClF5N7O6/c1-28-20-37(61(22-29-8-13-33(66-5)14-9-29)23-30-10-15-34(67-6)16-11-30)58-43(40(28)51(55,56)57)38-41(52)45-39-44(42(38)54)59-47(69-27-50-18-7-19-62(50)24-31(53)21-50)60-46(39)63-25-32-12-17-35(36(63)26-68-45)64(32)48(65)70-49(2,3)4/h8-11,13-16,20,31-32,35-36H,7,12,17-19,21-27H2,1-6H3/t31-,32-,35+,36-,50+/m1/s1. The SMILES string of the molecule is COc1ccc(CN(Cc2ccc(OC)cc2)c2cc(C)c(C(F)(F)F)c(-c3c(Cl)c4c5c(nc(OC[C@@]67CCCN6C[C@H](F)C7)nc5c3F)N3C[C@H]5CC[C@@H]([C@H]3CO4)N5C(=O)OC(C)(C)C)n2)cc1. The van der Waals surface area contributed by atoms with Gasteiger partial charge in [-0.25, -0.2) is 18.6 Å². The molecule has 19 heteroatoms. The highest BCUT2D eigenvalue weighted by atomic mass is 35.5. The molecule has 10 rings (SSSR count). The zero-order chi connectivity index (χ0) is 49.4. The van der Waals surface area contributed by atoms with Crippen molar-refractivity contribution in [2.24, 2.45) is 0 Å². The number of piperazine rings is 1. The van der Waals surface area contributed by atoms with Crippen LogP contribution in [0.25, 0.3) is 22.2 Å². The molecule has 0 unspecified atom stereocenters. The van der Waals surface area contributed by atoms with E-state index in [1.165, 1.54) is 13.0 Å². The van der Waals surface area contributed by atoms with Gasteiger partial charge in [0.2, 0.25) is 0 Å². The van der Waals surface area contributed by atoms with Gasteiger partial charge in [0, 0.05) is 32.6 Å². The fourth-order valence-corrected chi connectivity index (χ4v) is 11.5. The average Bonchev–Trinajstić information content (AvgIpc) is 3.91. The van der Waals surface area contributed by atoms with Crippen molar-refractivity contribution in [2.45, 2.75) is 115 Å². The van der Waals surface area contributed by atoms with Crippen molar-refractivity contribution in [1.82, 2.24) is 24.8 Å². The first kappa shape index (κ1) is 47.8. The normalized spacial score (nSPS) is 22.9. The molecule has 7 heterocycles. The van der Waals surface area contributed by atoms with Gasteiger partial charge in [0.15, 0.2) is 11.6 Å². The number of carbonyl (C=O) groups excluding carboxylic acids is 1. The van der Waals surface area contributed by atoms with Crippen LogP contribution in [0.2, 0.25) is 5.02 Å². The average molecular weight is 992 g/mol. The van der Waals surface area contributed by atoms with E-state index in [2.05, 4.69) is 9.88 Å². The smallest absolute Gasteiger partial charge is 0.418 e. The molecule has 5 atom stereocenters. The Morgan fingerprint density at radius 1 is 0.943 bits per heavy atom. The third kappa shape index (κ3) is 8.72. The second-order valence-electron chi connectivity index (χ2n) is 20.0. The maximum Gasteiger partial charge on any atom is 0.418 e. The van der Waals surface area contributed by atoms with Gasteiger partial charge >= 0.3 is 18.3 Å². The number of amides is 1. The third-order valence-electron chi connectivity index (χ3n) is 14.4. The lowest BCUT2D eigenvalue weighted by atomic mass is 9.95. The molecule has 5 aliphatic heterocycles. The van der Waals surface area contributed by atoms with Crippen LogP contribution in [0, 0.1) is 12.7 Å². The molecule has 2 aromatic heterocycles. The van der Waals surface area contributed by atoms with Gasteiger partial charge in [0.05, 0.1) is 65.1 Å². The lowest BCUT2D eigenvalue weighted by molar-refractivity contribution is -0.137. The summed E-state index contributed by atoms with van der Waals surface area (Å²) in [6, 6.07) is 14.3. The van der Waals surface area contributed by atoms with Crippen LogP contribution in [0.3, 0.4) is 0 Å². The number of rotatable bonds is 11. The molecule has 0 aliphatic carbocycles. The van der Waals surface area contributed by atoms with Crippen molar-refractivity contribution in [3.05, 3.63) is 87.7 Å². The van der Waals surface area contributed by atoms with Crippen LogP contribution in [0.15, 0.2) is 54.6 Å². The Labute approximate surface area is 407 Å². The lowest BCUT2D eigenvalue weighted by Crippen LogP contribution is -2.63. The van der Waals surface area contributed by atoms with E-state index in [4.69, 9.17) is 45.3 Å². The fraction of sp³-hybridized carbons (Fsp3) is 0.490. The highest BCUT2D eigenvalue weighted by molar-refractivity contribution is 6.36. The second kappa shape index (κ2) is 18.1. The predicted octanol–water partition coefficient (Wildman–Crippen LogP) is 10.3. The largest absolute Gasteiger partial charge is 0.497 e. The van der Waals surface area contributed by atoms with Crippen LogP contribution in [-0.4, -0.2) is 113 Å². The summed E-state index contributed by atoms with van der Waals surface area (Å²) in [5.74, 6) is 0.228. The monoisotopic (exact) mass is 991 g/mol. The molecule has 13 nitrogen and oxygen atoms in total. The summed E-state index contributed by atoms with van der Waals surface area (Å²) in [6.07, 6.45) is -3.57. The van der Waals surface area contributed by atoms with E-state index < -0.39 is 69.3 Å². The van der Waals surface area contributed by atoms with Crippen LogP contribution in [0.4, 0.5) is 38.4 Å². The number of carbonyl (C=O) groups is 1. The molecular formula is C51H55ClF5N7O6. The molecular weight excluding hydrogens is 937 g/mol. The molecule has 0 radical (unpaired) electrons. The van der Waals surface area contributed by atoms with Gasteiger partial charge in [0.1, 0.15) is 53.6 Å². The molecule has 372 valence electrons. The molecule has 3 aromatic carbocycles. The number of aryl methyl sites for hydroxylation is 1. The minimum atomic E-state index is -5.03. The van der Waals surface area contributed by atoms with Crippen LogP contribution >= 0.6 is 11.6 Å². The number of hydrogen-bond acceptors (Lipinski definition) is 12. The van der Waals surface area contributed by atoms with Gasteiger partial charge < -0.3 is 33.5 Å². The molecule has 0 saturated carbocycles. The number of benzene rings is 3. The van der Waals surface area contributed by atoms with Crippen LogP contribution in [0.1, 0.15) is 75.1 Å². The van der Waals surface area contributed by atoms with Crippen molar-refractivity contribution >= 4 is 40.2 Å². The molecule has 4 fully saturated rings. The Balaban J connectivity index is 1.14. The molecule has 5 aliphatic rings. The summed E-state index contributed by atoms with van der Waals surface area (Å²) < 4.78 is 109. The van der Waals surface area contributed by atoms with Crippen molar-refractivity contribution in [3.8, 4) is 34.5 Å². The van der Waals surface area contributed by atoms with Gasteiger partial charge in [-0.2, -0.15) is 23.1 Å². The Morgan fingerprint density at radius 3 is 2.24 bits per heavy atom. The predicted molar refractivity (Wildman–Crippen MR) is 253 cm³/mol. The number of anilines is 2. The number of halogens is 6. The summed E-state index contributed by atoms with van der Waals surface area (Å²) in [4.78, 5) is 35.5. The Hall–Kier alpha value is -5.88. The highest BCUT2D eigenvalue weighted by Crippen LogP contribution is 2.53. The maximum atomic E-state index is 18.2. The maximum absolute atomic E-state index is 18.2. The summed E-state index contributed by atoms with van der Waals surface area (Å²) in [7, 11) is 3.10. The van der Waals surface area contributed by atoms with Gasteiger partial charge in [-0.05, 0) is 107 Å². The first-order valence-corrected chi connectivity index (χ1v) is 24.0. The van der Waals surface area contributed by atoms with E-state index in [1.54, 1.807) is 69.1 Å². The number of hydrogen-bond donors (Lipinski definition) is 0. The molecule has 2 bridgehead atoms. The Morgan fingerprint density at radius 2 is 1.61 bits per heavy atom. The quantitative estimate of drug-likeness (QED) is 0.117. The minimum absolute atomic E-state index is 0.00410. The molecule has 70 heavy (non-hydrogen) atoms. The van der Waals surface area contributed by atoms with Crippen LogP contribution in [-0.2, 0) is 24.0 Å². The molecule has 4 saturated heterocycles. The van der Waals surface area contributed by atoms with Gasteiger partial charge in [-0.15, -0.1) is 0 Å². The molecule has 5 aromatic rings. The van der Waals surface area contributed by atoms with Gasteiger partial charge in [0.25, 0.3) is 0 Å². The van der Waals surface area contributed by atoms with E-state index in [-0.39, 0.29) is 91.7 Å². The Kier molecular flexibility index (Phi) is 12.3. The zero-order valence-corrected chi connectivity index (χ0v) is 40.6. The first-order chi connectivity index (χ1) is 33.3. The summed E-state index contributed by atoms with van der Waals surface area (Å²) in [5, 5.41) is -0.414. The van der Waals surface area contributed by atoms with Crippen LogP contribution in [0.5, 0.6) is 23.3 Å². The molecule has 0 N–H and O–H groups in total. The van der Waals surface area contributed by atoms with E-state index in [0.717, 1.165) is 17.5 Å². The first-order valence-electron chi connectivity index (χ1n) is 23.6. The summed E-state index contributed by atoms with van der Waals surface area (Å²) >= 11 is 7.28. The summed E-state index contributed by atoms with van der Waals surface area (Å²) in [6.45, 7) is 8.17. The van der Waals surface area contributed by atoms with E-state index in [9.17, 15) is 9.18 Å². The van der Waals surface area contributed by atoms with E-state index >= 15 is 17.6 Å².